The lowest BCUT2D eigenvalue weighted by Crippen LogP contribution is -2.48. The number of fused-ring (bicyclic) bond motifs is 1. The van der Waals surface area contributed by atoms with E-state index in [9.17, 15) is 9.32 Å². The van der Waals surface area contributed by atoms with E-state index >= 15 is 0 Å². The Morgan fingerprint density at radius 3 is 2.71 bits per heavy atom. The molecule has 2 aromatic rings. The van der Waals surface area contributed by atoms with Gasteiger partial charge in [-0.05, 0) is 62.1 Å². The second-order valence-corrected chi connectivity index (χ2v) is 10.5. The number of aliphatic hydroxyl groups excluding tert-OH is 1. The van der Waals surface area contributed by atoms with Gasteiger partial charge in [-0.1, -0.05) is 23.7 Å². The molecule has 0 spiro atoms. The zero-order valence-corrected chi connectivity index (χ0v) is 18.9. The highest BCUT2D eigenvalue weighted by atomic mass is 35.5. The summed E-state index contributed by atoms with van der Waals surface area (Å²) >= 11 is 6.05. The van der Waals surface area contributed by atoms with Crippen LogP contribution in [0.2, 0.25) is 5.02 Å². The van der Waals surface area contributed by atoms with Gasteiger partial charge in [0.2, 0.25) is 11.8 Å². The van der Waals surface area contributed by atoms with Crippen LogP contribution in [0.25, 0.3) is 0 Å². The summed E-state index contributed by atoms with van der Waals surface area (Å²) in [5, 5.41) is 14.0. The Balaban J connectivity index is 1.39. The Hall–Kier alpha value is -1.90. The summed E-state index contributed by atoms with van der Waals surface area (Å²) in [6.45, 7) is 1.72. The van der Waals surface area contributed by atoms with Crippen molar-refractivity contribution >= 4 is 34.2 Å². The Labute approximate surface area is 189 Å². The number of benzene rings is 1. The Bertz CT molecular complexity index is 978. The third kappa shape index (κ3) is 4.13. The topological polar surface area (TPSA) is 87.6 Å². The van der Waals surface area contributed by atoms with E-state index in [0.29, 0.717) is 28.5 Å². The van der Waals surface area contributed by atoms with E-state index in [-0.39, 0.29) is 18.1 Å². The predicted octanol–water partition coefficient (Wildman–Crippen LogP) is 3.69. The molecule has 31 heavy (non-hydrogen) atoms. The summed E-state index contributed by atoms with van der Waals surface area (Å²) in [7, 11) is -1.29. The summed E-state index contributed by atoms with van der Waals surface area (Å²) in [6.07, 6.45) is 5.94. The number of aliphatic hydroxyl groups is 1. The molecule has 9 heteroatoms. The van der Waals surface area contributed by atoms with Gasteiger partial charge in [0, 0.05) is 18.1 Å². The number of rotatable bonds is 5. The lowest BCUT2D eigenvalue weighted by atomic mass is 9.77. The van der Waals surface area contributed by atoms with Crippen LogP contribution in [-0.4, -0.2) is 50.5 Å². The van der Waals surface area contributed by atoms with Gasteiger partial charge in [-0.2, -0.15) is 9.97 Å². The van der Waals surface area contributed by atoms with Gasteiger partial charge in [-0.3, -0.25) is 4.21 Å². The van der Waals surface area contributed by atoms with Gasteiger partial charge in [-0.15, -0.1) is 0 Å². The van der Waals surface area contributed by atoms with Crippen molar-refractivity contribution in [1.29, 1.82) is 0 Å². The molecule has 166 valence electrons. The quantitative estimate of drug-likeness (QED) is 0.700. The van der Waals surface area contributed by atoms with E-state index in [1.165, 1.54) is 5.56 Å². The molecule has 1 saturated carbocycles. The van der Waals surface area contributed by atoms with E-state index < -0.39 is 10.8 Å². The van der Waals surface area contributed by atoms with Crippen molar-refractivity contribution in [2.75, 3.05) is 35.9 Å². The Kier molecular flexibility index (Phi) is 5.79. The molecule has 3 heterocycles. The van der Waals surface area contributed by atoms with Crippen molar-refractivity contribution in [3.8, 4) is 5.88 Å². The zero-order valence-electron chi connectivity index (χ0n) is 17.3. The van der Waals surface area contributed by atoms with Gasteiger partial charge in [0.05, 0.1) is 12.1 Å². The number of hydrogen-bond acceptors (Lipinski definition) is 7. The monoisotopic (exact) mass is 462 g/mol. The molecule has 1 aliphatic carbocycles. The molecule has 3 aliphatic rings. The molecule has 0 radical (unpaired) electrons. The summed E-state index contributed by atoms with van der Waals surface area (Å²) in [5.74, 6) is 2.13. The molecule has 5 rings (SSSR count). The van der Waals surface area contributed by atoms with Crippen LogP contribution in [-0.2, 0) is 10.8 Å². The van der Waals surface area contributed by atoms with Crippen LogP contribution in [0.5, 0.6) is 5.88 Å². The first-order chi connectivity index (χ1) is 15.1. The van der Waals surface area contributed by atoms with E-state index in [2.05, 4.69) is 27.3 Å². The number of nitrogens with zero attached hydrogens (tertiary/aromatic N) is 3. The highest BCUT2D eigenvalue weighted by molar-refractivity contribution is 7.85. The number of hydrogen-bond donors (Lipinski definition) is 2. The van der Waals surface area contributed by atoms with E-state index in [1.54, 1.807) is 0 Å². The molecule has 7 nitrogen and oxygen atoms in total. The van der Waals surface area contributed by atoms with Gasteiger partial charge >= 0.3 is 0 Å². The number of ether oxygens (including phenoxy) is 1. The molecule has 1 aromatic heterocycles. The Morgan fingerprint density at radius 1 is 1.19 bits per heavy atom. The molecule has 1 saturated heterocycles. The molecule has 1 aromatic carbocycles. The minimum Gasteiger partial charge on any atom is -0.463 e. The number of anilines is 2. The van der Waals surface area contributed by atoms with E-state index in [1.807, 2.05) is 12.1 Å². The summed E-state index contributed by atoms with van der Waals surface area (Å²) in [6, 6.07) is 8.14. The molecular weight excluding hydrogens is 436 g/mol. The second kappa shape index (κ2) is 8.56. The highest BCUT2D eigenvalue weighted by Gasteiger charge is 2.39. The second-order valence-electron chi connectivity index (χ2n) is 8.70. The molecule has 2 atom stereocenters. The summed E-state index contributed by atoms with van der Waals surface area (Å²) < 4.78 is 18.1. The summed E-state index contributed by atoms with van der Waals surface area (Å²) in [5.41, 5.74) is 0.932. The maximum Gasteiger partial charge on any atom is 0.238 e. The zero-order chi connectivity index (χ0) is 21.4. The van der Waals surface area contributed by atoms with Crippen LogP contribution in [0.1, 0.15) is 50.0 Å². The number of aromatic nitrogens is 2. The maximum absolute atomic E-state index is 12.5. The average molecular weight is 463 g/mol. The van der Waals surface area contributed by atoms with Crippen LogP contribution in [0.3, 0.4) is 0 Å². The smallest absolute Gasteiger partial charge is 0.238 e. The van der Waals surface area contributed by atoms with Crippen molar-refractivity contribution in [1.82, 2.24) is 9.97 Å². The van der Waals surface area contributed by atoms with Gasteiger partial charge in [0.15, 0.2) is 11.8 Å². The van der Waals surface area contributed by atoms with Crippen LogP contribution in [0.15, 0.2) is 29.2 Å². The Morgan fingerprint density at radius 2 is 2.00 bits per heavy atom. The molecule has 2 N–H and O–H groups in total. The molecule has 1 unspecified atom stereocenters. The van der Waals surface area contributed by atoms with Crippen molar-refractivity contribution in [3.05, 3.63) is 34.9 Å². The van der Waals surface area contributed by atoms with E-state index in [4.69, 9.17) is 21.3 Å². The van der Waals surface area contributed by atoms with Crippen LogP contribution >= 0.6 is 11.6 Å². The molecular formula is C22H27ClN4O3S. The van der Waals surface area contributed by atoms with Gasteiger partial charge in [0.1, 0.15) is 15.7 Å². The van der Waals surface area contributed by atoms with E-state index in [0.717, 1.165) is 56.6 Å². The fourth-order valence-electron chi connectivity index (χ4n) is 4.66. The van der Waals surface area contributed by atoms with Crippen molar-refractivity contribution in [2.24, 2.45) is 0 Å². The molecule has 0 amide bonds. The normalized spacial score (nSPS) is 24.6. The SMILES string of the molecule is O=[S@@]1COc2nc(N3CCCC(c4ccc(Cl)cc4)CC3)nc(NC3(CO)CCC3)c21. The fraction of sp³-hybridized carbons (Fsp3) is 0.545. The first-order valence-electron chi connectivity index (χ1n) is 10.9. The number of halogens is 1. The minimum atomic E-state index is -1.29. The van der Waals surface area contributed by atoms with Gasteiger partial charge in [0.25, 0.3) is 0 Å². The van der Waals surface area contributed by atoms with Crippen LogP contribution in [0.4, 0.5) is 11.8 Å². The lowest BCUT2D eigenvalue weighted by Gasteiger charge is -2.41. The maximum atomic E-state index is 12.5. The average Bonchev–Trinajstić information content (AvgIpc) is 2.97. The van der Waals surface area contributed by atoms with Crippen LogP contribution in [0, 0.1) is 0 Å². The van der Waals surface area contributed by atoms with Crippen LogP contribution < -0.4 is 15.0 Å². The first-order valence-corrected chi connectivity index (χ1v) is 12.6. The fourth-order valence-corrected chi connectivity index (χ4v) is 5.73. The molecule has 0 bridgehead atoms. The largest absolute Gasteiger partial charge is 0.463 e. The first kappa shape index (κ1) is 21.0. The third-order valence-electron chi connectivity index (χ3n) is 6.70. The molecule has 2 aliphatic heterocycles. The highest BCUT2D eigenvalue weighted by Crippen LogP contribution is 2.40. The standard InChI is InChI=1S/C22H27ClN4O3S/c23-17-6-4-16(5-7-17)15-3-1-11-27(12-8-15)21-24-19(26-22(13-28)9-2-10-22)18-20(25-21)30-14-31(18)29/h4-7,15,28H,1-3,8-14H2,(H,24,25,26)/t15?,31-/m1/s1. The van der Waals surface area contributed by atoms with Gasteiger partial charge in [-0.25, -0.2) is 0 Å². The molecule has 2 fully saturated rings. The third-order valence-corrected chi connectivity index (χ3v) is 8.11. The lowest BCUT2D eigenvalue weighted by molar-refractivity contribution is 0.143. The minimum absolute atomic E-state index is 0.0289. The summed E-state index contributed by atoms with van der Waals surface area (Å²) in [4.78, 5) is 12.1. The van der Waals surface area contributed by atoms with Crippen molar-refractivity contribution in [2.45, 2.75) is 54.9 Å². The van der Waals surface area contributed by atoms with Crippen molar-refractivity contribution in [3.63, 3.8) is 0 Å². The van der Waals surface area contributed by atoms with Crippen molar-refractivity contribution < 1.29 is 14.1 Å². The number of nitrogens with one attached hydrogen (secondary N) is 1. The van der Waals surface area contributed by atoms with Gasteiger partial charge < -0.3 is 20.1 Å². The predicted molar refractivity (Wildman–Crippen MR) is 121 cm³/mol.